The Morgan fingerprint density at radius 1 is 1.25 bits per heavy atom. The second-order valence-electron chi connectivity index (χ2n) is 6.13. The van der Waals surface area contributed by atoms with Gasteiger partial charge in [-0.15, -0.1) is 0 Å². The molecule has 0 bridgehead atoms. The lowest BCUT2D eigenvalue weighted by Gasteiger charge is -2.33. The first-order valence-corrected chi connectivity index (χ1v) is 7.15. The Kier molecular flexibility index (Phi) is 6.26. The molecule has 1 aliphatic rings. The Labute approximate surface area is 120 Å². The minimum atomic E-state index is -0.458. The fourth-order valence-electron chi connectivity index (χ4n) is 2.22. The van der Waals surface area contributed by atoms with Crippen molar-refractivity contribution < 1.29 is 19.1 Å². The van der Waals surface area contributed by atoms with Gasteiger partial charge in [-0.05, 0) is 46.0 Å². The number of piperidine rings is 1. The normalized spacial score (nSPS) is 16.9. The number of hydrogen-bond acceptors (Lipinski definition) is 5. The zero-order valence-corrected chi connectivity index (χ0v) is 12.7. The topological polar surface area (TPSA) is 81.9 Å². The van der Waals surface area contributed by atoms with Crippen molar-refractivity contribution in [1.82, 2.24) is 4.90 Å². The van der Waals surface area contributed by atoms with Crippen molar-refractivity contribution in [2.45, 2.75) is 52.1 Å². The lowest BCUT2D eigenvalue weighted by Crippen LogP contribution is -2.41. The van der Waals surface area contributed by atoms with Gasteiger partial charge in [0.05, 0.1) is 0 Å². The summed E-state index contributed by atoms with van der Waals surface area (Å²) in [5, 5.41) is 0. The molecule has 1 saturated heterocycles. The Hall–Kier alpha value is -1.30. The van der Waals surface area contributed by atoms with Gasteiger partial charge in [0, 0.05) is 19.5 Å². The van der Waals surface area contributed by atoms with Gasteiger partial charge in [-0.2, -0.15) is 0 Å². The average molecular weight is 286 g/mol. The first-order valence-electron chi connectivity index (χ1n) is 7.15. The summed E-state index contributed by atoms with van der Waals surface area (Å²) in [6.07, 6.45) is 2.73. The summed E-state index contributed by atoms with van der Waals surface area (Å²) in [5.41, 5.74) is 4.68. The molecule has 0 aromatic heterocycles. The van der Waals surface area contributed by atoms with Crippen LogP contribution in [0.3, 0.4) is 0 Å². The standard InChI is InChI=1S/C14H26N2O4/c1-14(2,3)20-13(18)16-8-6-11(7-9-16)4-5-12(17)19-10-15/h11H,4-10,15H2,1-3H3. The Morgan fingerprint density at radius 2 is 1.85 bits per heavy atom. The van der Waals surface area contributed by atoms with Crippen molar-refractivity contribution in [3.63, 3.8) is 0 Å². The van der Waals surface area contributed by atoms with Crippen LogP contribution in [0.25, 0.3) is 0 Å². The predicted octanol–water partition coefficient (Wildman–Crippen LogP) is 1.87. The van der Waals surface area contributed by atoms with Crippen molar-refractivity contribution >= 4 is 12.1 Å². The zero-order chi connectivity index (χ0) is 15.2. The van der Waals surface area contributed by atoms with Gasteiger partial charge in [-0.3, -0.25) is 10.5 Å². The van der Waals surface area contributed by atoms with Crippen molar-refractivity contribution in [2.24, 2.45) is 11.7 Å². The van der Waals surface area contributed by atoms with Gasteiger partial charge in [0.15, 0.2) is 0 Å². The van der Waals surface area contributed by atoms with E-state index < -0.39 is 5.60 Å². The summed E-state index contributed by atoms with van der Waals surface area (Å²) in [4.78, 5) is 24.9. The van der Waals surface area contributed by atoms with E-state index in [2.05, 4.69) is 0 Å². The van der Waals surface area contributed by atoms with E-state index in [0.29, 0.717) is 25.4 Å². The molecule has 1 rings (SSSR count). The lowest BCUT2D eigenvalue weighted by atomic mass is 9.92. The molecule has 0 radical (unpaired) electrons. The number of carbonyl (C=O) groups excluding carboxylic acids is 2. The molecular weight excluding hydrogens is 260 g/mol. The molecule has 20 heavy (non-hydrogen) atoms. The molecule has 1 fully saturated rings. The maximum atomic E-state index is 11.9. The highest BCUT2D eigenvalue weighted by Gasteiger charge is 2.26. The van der Waals surface area contributed by atoms with Crippen molar-refractivity contribution in [1.29, 1.82) is 0 Å². The molecule has 0 unspecified atom stereocenters. The highest BCUT2D eigenvalue weighted by molar-refractivity contribution is 5.69. The van der Waals surface area contributed by atoms with Gasteiger partial charge in [0.1, 0.15) is 12.3 Å². The molecule has 116 valence electrons. The smallest absolute Gasteiger partial charge is 0.410 e. The van der Waals surface area contributed by atoms with E-state index >= 15 is 0 Å². The van der Waals surface area contributed by atoms with Crippen LogP contribution in [0.1, 0.15) is 46.5 Å². The number of nitrogens with two attached hydrogens (primary N) is 1. The van der Waals surface area contributed by atoms with E-state index in [1.807, 2.05) is 20.8 Å². The SMILES string of the molecule is CC(C)(C)OC(=O)N1CCC(CCC(=O)OCN)CC1. The molecule has 6 heteroatoms. The second kappa shape index (κ2) is 7.47. The van der Waals surface area contributed by atoms with Crippen molar-refractivity contribution in [3.05, 3.63) is 0 Å². The number of amides is 1. The van der Waals surface area contributed by atoms with Crippen LogP contribution in [0.5, 0.6) is 0 Å². The zero-order valence-electron chi connectivity index (χ0n) is 12.7. The maximum Gasteiger partial charge on any atom is 0.410 e. The average Bonchev–Trinajstić information content (AvgIpc) is 2.35. The van der Waals surface area contributed by atoms with Gasteiger partial charge in [-0.1, -0.05) is 0 Å². The molecule has 0 atom stereocenters. The number of rotatable bonds is 4. The molecular formula is C14H26N2O4. The Morgan fingerprint density at radius 3 is 2.35 bits per heavy atom. The third-order valence-corrected chi connectivity index (χ3v) is 3.27. The molecule has 0 saturated carbocycles. The van der Waals surface area contributed by atoms with Gasteiger partial charge < -0.3 is 14.4 Å². The van der Waals surface area contributed by atoms with Gasteiger partial charge in [-0.25, -0.2) is 4.79 Å². The molecule has 6 nitrogen and oxygen atoms in total. The number of carbonyl (C=O) groups is 2. The van der Waals surface area contributed by atoms with E-state index in [1.54, 1.807) is 4.90 Å². The monoisotopic (exact) mass is 286 g/mol. The van der Waals surface area contributed by atoms with Crippen LogP contribution < -0.4 is 5.73 Å². The molecule has 0 aromatic carbocycles. The number of nitrogens with zero attached hydrogens (tertiary/aromatic N) is 1. The third-order valence-electron chi connectivity index (χ3n) is 3.27. The van der Waals surface area contributed by atoms with E-state index in [-0.39, 0.29) is 18.8 Å². The first-order chi connectivity index (χ1) is 9.31. The fraction of sp³-hybridized carbons (Fsp3) is 0.857. The predicted molar refractivity (Wildman–Crippen MR) is 74.9 cm³/mol. The number of hydrogen-bond donors (Lipinski definition) is 1. The fourth-order valence-corrected chi connectivity index (χ4v) is 2.22. The summed E-state index contributed by atoms with van der Waals surface area (Å²) in [6, 6.07) is 0. The number of ether oxygens (including phenoxy) is 2. The number of likely N-dealkylation sites (tertiary alicyclic amines) is 1. The van der Waals surface area contributed by atoms with E-state index in [0.717, 1.165) is 19.3 Å². The summed E-state index contributed by atoms with van der Waals surface area (Å²) in [6.45, 7) is 6.90. The molecule has 0 aliphatic carbocycles. The molecule has 1 aliphatic heterocycles. The summed E-state index contributed by atoms with van der Waals surface area (Å²) < 4.78 is 10.0. The van der Waals surface area contributed by atoms with Gasteiger partial charge in [0.25, 0.3) is 0 Å². The van der Waals surface area contributed by atoms with Crippen LogP contribution in [0.2, 0.25) is 0 Å². The summed E-state index contributed by atoms with van der Waals surface area (Å²) in [7, 11) is 0. The molecule has 2 N–H and O–H groups in total. The minimum absolute atomic E-state index is 0.0596. The Balaban J connectivity index is 2.26. The highest BCUT2D eigenvalue weighted by Crippen LogP contribution is 2.23. The summed E-state index contributed by atoms with van der Waals surface area (Å²) >= 11 is 0. The first kappa shape index (κ1) is 16.8. The van der Waals surface area contributed by atoms with Crippen molar-refractivity contribution in [2.75, 3.05) is 19.8 Å². The van der Waals surface area contributed by atoms with Crippen molar-refractivity contribution in [3.8, 4) is 0 Å². The van der Waals surface area contributed by atoms with Crippen LogP contribution in [0.4, 0.5) is 4.79 Å². The van der Waals surface area contributed by atoms with Crippen LogP contribution >= 0.6 is 0 Å². The van der Waals surface area contributed by atoms with Crippen LogP contribution in [0, 0.1) is 5.92 Å². The van der Waals surface area contributed by atoms with Gasteiger partial charge >= 0.3 is 12.1 Å². The maximum absolute atomic E-state index is 11.9. The van der Waals surface area contributed by atoms with E-state index in [9.17, 15) is 9.59 Å². The molecule has 0 aromatic rings. The molecule has 1 heterocycles. The summed E-state index contributed by atoms with van der Waals surface area (Å²) in [5.74, 6) is 0.209. The van der Waals surface area contributed by atoms with Crippen LogP contribution in [-0.4, -0.2) is 42.4 Å². The molecule has 1 amide bonds. The van der Waals surface area contributed by atoms with E-state index in [1.165, 1.54) is 0 Å². The Bertz CT molecular complexity index is 331. The molecule has 0 spiro atoms. The highest BCUT2D eigenvalue weighted by atomic mass is 16.6. The number of esters is 1. The van der Waals surface area contributed by atoms with E-state index in [4.69, 9.17) is 15.2 Å². The van der Waals surface area contributed by atoms with Crippen LogP contribution in [-0.2, 0) is 14.3 Å². The largest absolute Gasteiger partial charge is 0.450 e. The second-order valence-corrected chi connectivity index (χ2v) is 6.13. The van der Waals surface area contributed by atoms with Gasteiger partial charge in [0.2, 0.25) is 0 Å². The quantitative estimate of drug-likeness (QED) is 0.630. The minimum Gasteiger partial charge on any atom is -0.450 e. The van der Waals surface area contributed by atoms with Crippen LogP contribution in [0.15, 0.2) is 0 Å². The lowest BCUT2D eigenvalue weighted by molar-refractivity contribution is -0.143. The third kappa shape index (κ3) is 6.23.